The van der Waals surface area contributed by atoms with E-state index < -0.39 is 41.4 Å². The van der Waals surface area contributed by atoms with Crippen molar-refractivity contribution in [2.75, 3.05) is 122 Å². The van der Waals surface area contributed by atoms with Gasteiger partial charge in [-0.25, -0.2) is 0 Å². The second kappa shape index (κ2) is 25.5. The van der Waals surface area contributed by atoms with Gasteiger partial charge in [0.1, 0.15) is 24.3 Å². The van der Waals surface area contributed by atoms with Gasteiger partial charge < -0.3 is 54.6 Å². The van der Waals surface area contributed by atoms with Crippen LogP contribution in [-0.4, -0.2) is 167 Å². The van der Waals surface area contributed by atoms with Gasteiger partial charge in [-0.2, -0.15) is 0 Å². The SMILES string of the molecule is CCC(=O)COCCOCCNc1c(NCCCC(C(=O)[O-])N2CCN(CC=O)CCN(CC(=O)[O-])CCN(CC(=O)[O-])CC2)c(=O)c1=O.[Gd]. The Labute approximate surface area is 322 Å². The zero-order valence-corrected chi connectivity index (χ0v) is 30.6. The zero-order chi connectivity index (χ0) is 36.2. The van der Waals surface area contributed by atoms with E-state index in [1.807, 2.05) is 0 Å². The molecule has 284 valence electrons. The summed E-state index contributed by atoms with van der Waals surface area (Å²) in [4.78, 5) is 88.3. The van der Waals surface area contributed by atoms with Gasteiger partial charge in [0.15, 0.2) is 5.78 Å². The average Bonchev–Trinajstić information content (AvgIpc) is 3.05. The number of ether oxygens (including phenoxy) is 2. The van der Waals surface area contributed by atoms with Crippen LogP contribution < -0.4 is 36.8 Å². The summed E-state index contributed by atoms with van der Waals surface area (Å²) in [7, 11) is 0. The van der Waals surface area contributed by atoms with E-state index in [0.717, 1.165) is 0 Å². The monoisotopic (exact) mass is 853 g/mol. The van der Waals surface area contributed by atoms with Crippen molar-refractivity contribution in [2.24, 2.45) is 0 Å². The molecule has 1 aromatic rings. The maximum Gasteiger partial charge on any atom is 0.253 e. The number of hydrogen-bond donors (Lipinski definition) is 2. The van der Waals surface area contributed by atoms with E-state index >= 15 is 0 Å². The minimum absolute atomic E-state index is 0. The number of rotatable bonds is 23. The van der Waals surface area contributed by atoms with Gasteiger partial charge in [0, 0.05) is 131 Å². The van der Waals surface area contributed by atoms with E-state index in [-0.39, 0.29) is 168 Å². The molecule has 1 atom stereocenters. The number of aldehydes is 1. The van der Waals surface area contributed by atoms with Crippen LogP contribution >= 0.6 is 0 Å². The Hall–Kier alpha value is -2.49. The van der Waals surface area contributed by atoms with Gasteiger partial charge in [0.25, 0.3) is 10.9 Å². The van der Waals surface area contributed by atoms with Crippen molar-refractivity contribution in [1.82, 2.24) is 19.6 Å². The fourth-order valence-electron chi connectivity index (χ4n) is 5.28. The van der Waals surface area contributed by atoms with Crippen LogP contribution in [0.25, 0.3) is 0 Å². The second-order valence-electron chi connectivity index (χ2n) is 11.6. The number of carboxylic acid groups (broad SMARTS) is 3. The molecule has 0 spiro atoms. The number of Topliss-reactive ketones (excluding diaryl/α,β-unsaturated/α-hetero) is 1. The molecule has 2 N–H and O–H groups in total. The molecule has 2 rings (SSSR count). The summed E-state index contributed by atoms with van der Waals surface area (Å²) >= 11 is 0. The third kappa shape index (κ3) is 17.2. The number of carbonyl (C=O) groups is 5. The molecular weight excluding hydrogens is 806 g/mol. The molecule has 1 fully saturated rings. The molecule has 0 amide bonds. The topological polar surface area (TPSA) is 244 Å². The summed E-state index contributed by atoms with van der Waals surface area (Å²) in [6, 6.07) is -1.09. The van der Waals surface area contributed by atoms with Crippen LogP contribution in [-0.2, 0) is 33.4 Å². The van der Waals surface area contributed by atoms with Crippen molar-refractivity contribution in [1.29, 1.82) is 0 Å². The van der Waals surface area contributed by atoms with E-state index in [9.17, 15) is 48.9 Å². The Morgan fingerprint density at radius 3 is 1.78 bits per heavy atom. The third-order valence-electron chi connectivity index (χ3n) is 8.07. The molecule has 0 aliphatic carbocycles. The van der Waals surface area contributed by atoms with Crippen LogP contribution in [0.5, 0.6) is 0 Å². The number of hydrogen-bond acceptors (Lipinski definition) is 18. The first-order chi connectivity index (χ1) is 23.5. The van der Waals surface area contributed by atoms with Crippen molar-refractivity contribution in [3.05, 3.63) is 20.4 Å². The Morgan fingerprint density at radius 1 is 0.760 bits per heavy atom. The van der Waals surface area contributed by atoms with Crippen molar-refractivity contribution in [2.45, 2.75) is 32.2 Å². The molecule has 18 nitrogen and oxygen atoms in total. The number of ketones is 1. The Balaban J connectivity index is 0.0000125. The first-order valence-electron chi connectivity index (χ1n) is 16.4. The quantitative estimate of drug-likeness (QED) is 0.0591. The number of aliphatic carboxylic acids is 3. The standard InChI is InChI=1S/C31H50N6O12.Gd/c1-2-23(39)22-49-19-18-48-17-6-33-28-27(29(44)30(28)45)32-5-3-4-24(31(46)47)37-13-11-34(15-16-38)7-8-35(20-25(40)41)9-10-36(12-14-37)21-26(42)43;/h16,24,32-33H,2-15,17-22H2,1H3,(H,40,41)(H,42,43)(H,46,47);/p-3. The van der Waals surface area contributed by atoms with E-state index in [0.29, 0.717) is 19.3 Å². The predicted molar refractivity (Wildman–Crippen MR) is 170 cm³/mol. The minimum atomic E-state index is -1.35. The van der Waals surface area contributed by atoms with Crippen LogP contribution in [0.3, 0.4) is 0 Å². The molecule has 1 saturated heterocycles. The van der Waals surface area contributed by atoms with E-state index in [1.165, 1.54) is 4.90 Å². The minimum Gasteiger partial charge on any atom is -0.549 e. The van der Waals surface area contributed by atoms with Crippen molar-refractivity contribution in [3.8, 4) is 0 Å². The normalized spacial score (nSPS) is 16.4. The first-order valence-corrected chi connectivity index (χ1v) is 16.4. The van der Waals surface area contributed by atoms with Gasteiger partial charge >= 0.3 is 0 Å². The fraction of sp³-hybridized carbons (Fsp3) is 0.710. The predicted octanol–water partition coefficient (Wildman–Crippen LogP) is -6.06. The number of nitrogens with zero attached hydrogens (tertiary/aromatic N) is 4. The molecule has 0 saturated carbocycles. The Kier molecular flexibility index (Phi) is 23.2. The van der Waals surface area contributed by atoms with Crippen LogP contribution in [0.15, 0.2) is 9.59 Å². The van der Waals surface area contributed by atoms with Crippen LogP contribution in [0, 0.1) is 39.9 Å². The van der Waals surface area contributed by atoms with Crippen molar-refractivity contribution >= 4 is 41.4 Å². The number of anilines is 2. The molecule has 0 radical (unpaired) electrons. The van der Waals surface area contributed by atoms with Gasteiger partial charge in [-0.1, -0.05) is 6.92 Å². The van der Waals surface area contributed by atoms with Crippen LogP contribution in [0.2, 0.25) is 0 Å². The summed E-state index contributed by atoms with van der Waals surface area (Å²) in [6.45, 7) is 3.78. The Morgan fingerprint density at radius 2 is 1.26 bits per heavy atom. The summed E-state index contributed by atoms with van der Waals surface area (Å²) in [5, 5.41) is 40.7. The maximum atomic E-state index is 12.3. The van der Waals surface area contributed by atoms with E-state index in [1.54, 1.807) is 21.6 Å². The number of carboxylic acids is 3. The summed E-state index contributed by atoms with van der Waals surface area (Å²) in [5.41, 5.74) is -1.17. The van der Waals surface area contributed by atoms with E-state index in [4.69, 9.17) is 9.47 Å². The van der Waals surface area contributed by atoms with Gasteiger partial charge in [-0.15, -0.1) is 0 Å². The number of nitrogens with one attached hydrogen (secondary N) is 2. The van der Waals surface area contributed by atoms with Gasteiger partial charge in [-0.3, -0.25) is 34.0 Å². The second-order valence-corrected chi connectivity index (χ2v) is 11.6. The maximum absolute atomic E-state index is 12.3. The molecule has 1 unspecified atom stereocenters. The zero-order valence-electron chi connectivity index (χ0n) is 28.3. The van der Waals surface area contributed by atoms with Crippen molar-refractivity contribution < 1.29 is 88.7 Å². The molecule has 19 heteroatoms. The molecule has 0 bridgehead atoms. The largest absolute Gasteiger partial charge is 0.549 e. The molecule has 50 heavy (non-hydrogen) atoms. The van der Waals surface area contributed by atoms with Gasteiger partial charge in [0.05, 0.1) is 44.3 Å². The summed E-state index contributed by atoms with van der Waals surface area (Å²) < 4.78 is 10.6. The van der Waals surface area contributed by atoms with Gasteiger partial charge in [-0.05, 0) is 12.8 Å². The average molecular weight is 853 g/mol. The molecule has 1 aliphatic heterocycles. The first kappa shape index (κ1) is 45.5. The Bertz CT molecular complexity index is 1290. The molecule has 1 aromatic carbocycles. The summed E-state index contributed by atoms with van der Waals surface area (Å²) in [6.07, 6.45) is 1.47. The third-order valence-corrected chi connectivity index (χ3v) is 8.07. The van der Waals surface area contributed by atoms with Crippen molar-refractivity contribution in [3.63, 3.8) is 0 Å². The van der Waals surface area contributed by atoms with Gasteiger partial charge in [0.2, 0.25) is 0 Å². The number of carbonyl (C=O) groups excluding carboxylic acids is 5. The molecule has 1 aliphatic rings. The molecule has 0 aromatic heterocycles. The van der Waals surface area contributed by atoms with E-state index in [2.05, 4.69) is 10.6 Å². The molecular formula is C31H47GdN6O12-3. The van der Waals surface area contributed by atoms with Crippen LogP contribution in [0.4, 0.5) is 11.4 Å². The molecule has 1 heterocycles. The summed E-state index contributed by atoms with van der Waals surface area (Å²) in [5.74, 6) is -3.99. The van der Waals surface area contributed by atoms with Crippen LogP contribution in [0.1, 0.15) is 26.2 Å². The fourth-order valence-corrected chi connectivity index (χ4v) is 5.28. The smallest absolute Gasteiger partial charge is 0.253 e.